The van der Waals surface area contributed by atoms with Gasteiger partial charge >= 0.3 is 10.3 Å². The number of carbonyl (C=O) groups excluding carboxylic acids is 1. The quantitative estimate of drug-likeness (QED) is 0.303. The van der Waals surface area contributed by atoms with Gasteiger partial charge in [0.15, 0.2) is 0 Å². The van der Waals surface area contributed by atoms with E-state index in [4.69, 9.17) is 5.14 Å². The molecule has 36 heavy (non-hydrogen) atoms. The summed E-state index contributed by atoms with van der Waals surface area (Å²) in [5.74, 6) is -0.924. The van der Waals surface area contributed by atoms with E-state index in [1.54, 1.807) is 16.9 Å². The Bertz CT molecular complexity index is 1380. The number of hydrogen-bond donors (Lipinski definition) is 4. The third kappa shape index (κ3) is 4.88. The van der Waals surface area contributed by atoms with Gasteiger partial charge in [-0.2, -0.15) is 13.5 Å². The van der Waals surface area contributed by atoms with E-state index in [1.165, 1.54) is 23.7 Å². The van der Waals surface area contributed by atoms with Crippen LogP contribution in [0.4, 0.5) is 5.82 Å². The number of benzene rings is 1. The largest absolute Gasteiger partial charge is 0.390 e. The van der Waals surface area contributed by atoms with Crippen LogP contribution in [0.1, 0.15) is 46.1 Å². The van der Waals surface area contributed by atoms with Crippen LogP contribution in [0, 0.1) is 5.92 Å². The summed E-state index contributed by atoms with van der Waals surface area (Å²) in [6.45, 7) is -0.382. The number of ketones is 1. The fraction of sp³-hybridized carbons (Fsp3) is 0.391. The topological polar surface area (TPSA) is 183 Å². The Kier molecular flexibility index (Phi) is 6.57. The lowest BCUT2D eigenvalue weighted by Crippen LogP contribution is -2.36. The van der Waals surface area contributed by atoms with Gasteiger partial charge in [0.1, 0.15) is 23.9 Å². The standard InChI is InChI=1S/C23H26N6O6S/c24-36(33,34)35-11-14-9-18(22(32)20(14)30)27-23-16(10-25-12-26-23)21(31)17-7-8-29(28-17)19-6-5-13-3-1-2-4-15(13)19/h1-4,7-8,10,12,14,18-20,22,30,32H,5-6,9,11H2,(H2,24,33,34)(H,25,26,27)/t14-,18-,19-,20-,22+/m1/s1. The molecule has 0 saturated heterocycles. The first-order chi connectivity index (χ1) is 17.2. The molecule has 1 aromatic carbocycles. The lowest BCUT2D eigenvalue weighted by Gasteiger charge is -2.19. The monoisotopic (exact) mass is 514 g/mol. The minimum atomic E-state index is -4.19. The normalized spacial score (nSPS) is 25.6. The summed E-state index contributed by atoms with van der Waals surface area (Å²) >= 11 is 0. The number of carbonyl (C=O) groups is 1. The zero-order valence-corrected chi connectivity index (χ0v) is 20.0. The van der Waals surface area contributed by atoms with Gasteiger partial charge in [0.25, 0.3) is 0 Å². The van der Waals surface area contributed by atoms with E-state index in [0.29, 0.717) is 0 Å². The van der Waals surface area contributed by atoms with E-state index in [9.17, 15) is 23.4 Å². The van der Waals surface area contributed by atoms with Crippen molar-refractivity contribution in [1.82, 2.24) is 19.7 Å². The molecule has 5 N–H and O–H groups in total. The molecule has 2 aromatic heterocycles. The predicted molar refractivity (Wildman–Crippen MR) is 127 cm³/mol. The average molecular weight is 515 g/mol. The molecule has 0 radical (unpaired) electrons. The van der Waals surface area contributed by atoms with Crippen molar-refractivity contribution >= 4 is 21.9 Å². The molecule has 1 fully saturated rings. The number of hydrogen-bond acceptors (Lipinski definition) is 10. The van der Waals surface area contributed by atoms with E-state index in [0.717, 1.165) is 12.8 Å². The highest BCUT2D eigenvalue weighted by Crippen LogP contribution is 2.34. The molecule has 13 heteroatoms. The Morgan fingerprint density at radius 2 is 2.03 bits per heavy atom. The minimum Gasteiger partial charge on any atom is -0.390 e. The summed E-state index contributed by atoms with van der Waals surface area (Å²) in [5, 5.41) is 33.2. The molecule has 3 aromatic rings. The van der Waals surface area contributed by atoms with Crippen molar-refractivity contribution in [2.75, 3.05) is 11.9 Å². The van der Waals surface area contributed by atoms with Crippen molar-refractivity contribution in [2.45, 2.75) is 43.6 Å². The van der Waals surface area contributed by atoms with E-state index in [-0.39, 0.29) is 36.1 Å². The fourth-order valence-electron chi connectivity index (χ4n) is 4.98. The fourth-order valence-corrected chi connectivity index (χ4v) is 5.35. The number of aliphatic hydroxyl groups is 2. The lowest BCUT2D eigenvalue weighted by molar-refractivity contribution is 0.00778. The number of nitrogens with zero attached hydrogens (tertiary/aromatic N) is 4. The molecule has 0 aliphatic heterocycles. The van der Waals surface area contributed by atoms with Crippen molar-refractivity contribution < 1.29 is 27.6 Å². The lowest BCUT2D eigenvalue weighted by atomic mass is 10.1. The van der Waals surface area contributed by atoms with Crippen molar-refractivity contribution in [3.8, 4) is 0 Å². The maximum atomic E-state index is 13.3. The molecule has 190 valence electrons. The molecule has 0 bridgehead atoms. The Morgan fingerprint density at radius 1 is 1.22 bits per heavy atom. The van der Waals surface area contributed by atoms with Gasteiger partial charge in [0, 0.05) is 18.3 Å². The summed E-state index contributed by atoms with van der Waals surface area (Å²) in [4.78, 5) is 21.5. The van der Waals surface area contributed by atoms with Gasteiger partial charge in [-0.05, 0) is 36.5 Å². The zero-order valence-electron chi connectivity index (χ0n) is 19.1. The van der Waals surface area contributed by atoms with Gasteiger partial charge in [0.2, 0.25) is 5.78 Å². The molecular formula is C23H26N6O6S. The molecule has 5 atom stereocenters. The first kappa shape index (κ1) is 24.5. The van der Waals surface area contributed by atoms with Gasteiger partial charge in [-0.3, -0.25) is 13.7 Å². The highest BCUT2D eigenvalue weighted by molar-refractivity contribution is 7.84. The minimum absolute atomic E-state index is 0.0546. The number of fused-ring (bicyclic) bond motifs is 1. The second-order valence-electron chi connectivity index (χ2n) is 9.05. The van der Waals surface area contributed by atoms with Gasteiger partial charge in [-0.1, -0.05) is 24.3 Å². The Labute approximate surface area is 207 Å². The van der Waals surface area contributed by atoms with E-state index < -0.39 is 40.3 Å². The smallest absolute Gasteiger partial charge is 0.333 e. The molecule has 12 nitrogen and oxygen atoms in total. The van der Waals surface area contributed by atoms with Crippen LogP contribution in [-0.2, 0) is 20.9 Å². The summed E-state index contributed by atoms with van der Waals surface area (Å²) < 4.78 is 28.5. The Hall–Kier alpha value is -3.23. The third-order valence-corrected chi connectivity index (χ3v) is 7.25. The van der Waals surface area contributed by atoms with Crippen LogP contribution < -0.4 is 10.5 Å². The van der Waals surface area contributed by atoms with Crippen molar-refractivity contribution in [3.63, 3.8) is 0 Å². The number of aliphatic hydroxyl groups excluding tert-OH is 2. The average Bonchev–Trinajstić information content (AvgIpc) is 3.57. The molecular weight excluding hydrogens is 488 g/mol. The molecule has 1 saturated carbocycles. The Morgan fingerprint density at radius 3 is 2.83 bits per heavy atom. The molecule has 0 spiro atoms. The first-order valence-corrected chi connectivity index (χ1v) is 13.0. The van der Waals surface area contributed by atoms with Crippen molar-refractivity contribution in [3.05, 3.63) is 71.4 Å². The number of aromatic nitrogens is 4. The first-order valence-electron chi connectivity index (χ1n) is 11.5. The molecule has 2 aliphatic carbocycles. The Balaban J connectivity index is 1.32. The van der Waals surface area contributed by atoms with Gasteiger partial charge in [-0.15, -0.1) is 0 Å². The van der Waals surface area contributed by atoms with Crippen LogP contribution in [0.3, 0.4) is 0 Å². The predicted octanol–water partition coefficient (Wildman–Crippen LogP) is 0.182. The number of nitrogens with two attached hydrogens (primary N) is 1. The van der Waals surface area contributed by atoms with Crippen LogP contribution in [0.15, 0.2) is 49.1 Å². The molecule has 0 amide bonds. The molecule has 2 heterocycles. The maximum Gasteiger partial charge on any atom is 0.333 e. The van der Waals surface area contributed by atoms with Crippen LogP contribution >= 0.6 is 0 Å². The number of nitrogens with one attached hydrogen (secondary N) is 1. The maximum absolute atomic E-state index is 13.3. The van der Waals surface area contributed by atoms with Crippen molar-refractivity contribution in [1.29, 1.82) is 0 Å². The molecule has 2 aliphatic rings. The van der Waals surface area contributed by atoms with E-state index >= 15 is 0 Å². The van der Waals surface area contributed by atoms with Gasteiger partial charge in [0.05, 0.1) is 30.4 Å². The number of anilines is 1. The summed E-state index contributed by atoms with van der Waals surface area (Å²) in [6.07, 6.45) is 3.90. The van der Waals surface area contributed by atoms with Gasteiger partial charge in [-0.25, -0.2) is 15.1 Å². The van der Waals surface area contributed by atoms with Crippen LogP contribution in [-0.4, -0.2) is 69.0 Å². The summed E-state index contributed by atoms with van der Waals surface area (Å²) in [5.41, 5.74) is 2.85. The van der Waals surface area contributed by atoms with E-state index in [1.807, 2.05) is 12.1 Å². The van der Waals surface area contributed by atoms with Crippen molar-refractivity contribution in [2.24, 2.45) is 11.1 Å². The van der Waals surface area contributed by atoms with Gasteiger partial charge < -0.3 is 15.5 Å². The second kappa shape index (κ2) is 9.67. The highest BCUT2D eigenvalue weighted by Gasteiger charge is 2.42. The number of rotatable bonds is 8. The summed E-state index contributed by atoms with van der Waals surface area (Å²) in [6, 6.07) is 9.16. The highest BCUT2D eigenvalue weighted by atomic mass is 32.2. The molecule has 0 unspecified atom stereocenters. The third-order valence-electron chi connectivity index (χ3n) is 6.79. The van der Waals surface area contributed by atoms with Crippen LogP contribution in [0.25, 0.3) is 0 Å². The number of aryl methyl sites for hydroxylation is 1. The summed E-state index contributed by atoms with van der Waals surface area (Å²) in [7, 11) is -4.19. The SMILES string of the molecule is NS(=O)(=O)OC[C@H]1C[C@@H](Nc2ncncc2C(=O)c2ccn([C@@H]3CCc4ccccc43)n2)[C@H](O)[C@@H]1O. The molecule has 5 rings (SSSR count). The zero-order chi connectivity index (χ0) is 25.4. The van der Waals surface area contributed by atoms with Crippen LogP contribution in [0.5, 0.6) is 0 Å². The van der Waals surface area contributed by atoms with Crippen LogP contribution in [0.2, 0.25) is 0 Å². The second-order valence-corrected chi connectivity index (χ2v) is 10.3. The van der Waals surface area contributed by atoms with E-state index in [2.05, 4.69) is 36.7 Å².